The van der Waals surface area contributed by atoms with Crippen molar-refractivity contribution >= 4 is 33.5 Å². The molecule has 2 fully saturated rings. The van der Waals surface area contributed by atoms with Crippen molar-refractivity contribution in [3.05, 3.63) is 135 Å². The topological polar surface area (TPSA) is 25.8 Å². The number of hydrogen-bond acceptors (Lipinski definition) is 3. The van der Waals surface area contributed by atoms with Gasteiger partial charge in [-0.05, 0) is 86.8 Å². The quantitative estimate of drug-likeness (QED) is 0.221. The van der Waals surface area contributed by atoms with Crippen molar-refractivity contribution in [1.82, 2.24) is 8.75 Å². The molecule has 2 nitrogen and oxygen atoms in total. The molecule has 0 aliphatic heterocycles. The van der Waals surface area contributed by atoms with Gasteiger partial charge in [-0.2, -0.15) is 8.75 Å². The van der Waals surface area contributed by atoms with Gasteiger partial charge in [0.15, 0.2) is 0 Å². The van der Waals surface area contributed by atoms with Gasteiger partial charge in [-0.1, -0.05) is 60.1 Å². The van der Waals surface area contributed by atoms with E-state index in [2.05, 4.69) is 50.6 Å². The summed E-state index contributed by atoms with van der Waals surface area (Å²) in [5, 5.41) is 2.34. The van der Waals surface area contributed by atoms with E-state index in [0.717, 1.165) is 39.0 Å². The average Bonchev–Trinajstić information content (AvgIpc) is 3.66. The van der Waals surface area contributed by atoms with E-state index in [1.54, 1.807) is 0 Å². The summed E-state index contributed by atoms with van der Waals surface area (Å²) >= 11 is 1.19. The van der Waals surface area contributed by atoms with E-state index >= 15 is 0 Å². The maximum atomic E-state index is 4.46. The van der Waals surface area contributed by atoms with Crippen LogP contribution in [0.15, 0.2) is 54.6 Å². The first-order chi connectivity index (χ1) is 16.4. The minimum atomic E-state index is 0. The summed E-state index contributed by atoms with van der Waals surface area (Å²) in [6, 6.07) is 18.4. The summed E-state index contributed by atoms with van der Waals surface area (Å²) in [6.07, 6.45) is 18.0. The molecule has 2 aliphatic carbocycles. The molecule has 1 aromatic heterocycles. The number of benzene rings is 3. The van der Waals surface area contributed by atoms with Crippen LogP contribution in [0.25, 0.3) is 21.8 Å². The van der Waals surface area contributed by atoms with Gasteiger partial charge < -0.3 is 0 Å². The van der Waals surface area contributed by atoms with Crippen molar-refractivity contribution in [2.75, 3.05) is 0 Å². The van der Waals surface area contributed by atoms with Gasteiger partial charge in [-0.25, -0.2) is 0 Å². The SMILES string of the molecule is C(#Cc1ccc(C#Cc2cccc3ccccc23)c2nsnc12)[C]1[CH][CH][CH][CH]1.[CH]1[CH][CH][CH][CH]1.[Fe+2]. The van der Waals surface area contributed by atoms with Crippen LogP contribution < -0.4 is 0 Å². The molecule has 2 saturated carbocycles. The molecule has 160 valence electrons. The number of rotatable bonds is 0. The molecule has 4 heteroatoms. The van der Waals surface area contributed by atoms with Crippen molar-refractivity contribution in [3.8, 4) is 23.7 Å². The molecular formula is C30H18FeN2S+2. The van der Waals surface area contributed by atoms with Gasteiger partial charge in [0.2, 0.25) is 0 Å². The Morgan fingerprint density at radius 2 is 1.09 bits per heavy atom. The second-order valence-corrected chi connectivity index (χ2v) is 7.81. The maximum absolute atomic E-state index is 4.46. The Balaban J connectivity index is 0.000000407. The molecule has 0 N–H and O–H groups in total. The first-order valence-corrected chi connectivity index (χ1v) is 11.3. The smallest absolute Gasteiger partial charge is 0.172 e. The summed E-state index contributed by atoms with van der Waals surface area (Å²) in [4.78, 5) is 0. The molecular weight excluding hydrogens is 476 g/mol. The average molecular weight is 494 g/mol. The molecule has 0 saturated heterocycles. The van der Waals surface area contributed by atoms with Crippen molar-refractivity contribution in [1.29, 1.82) is 0 Å². The van der Waals surface area contributed by atoms with Gasteiger partial charge >= 0.3 is 17.1 Å². The van der Waals surface area contributed by atoms with E-state index in [1.165, 1.54) is 17.1 Å². The molecule has 10 radical (unpaired) electrons. The zero-order chi connectivity index (χ0) is 22.3. The third kappa shape index (κ3) is 5.89. The van der Waals surface area contributed by atoms with Crippen LogP contribution in [-0.4, -0.2) is 8.75 Å². The van der Waals surface area contributed by atoms with E-state index in [-0.39, 0.29) is 17.1 Å². The Morgan fingerprint density at radius 1 is 0.529 bits per heavy atom. The van der Waals surface area contributed by atoms with Gasteiger partial charge in [-0.15, -0.1) is 0 Å². The zero-order valence-corrected chi connectivity index (χ0v) is 20.0. The van der Waals surface area contributed by atoms with E-state index in [0.29, 0.717) is 0 Å². The van der Waals surface area contributed by atoms with E-state index in [9.17, 15) is 0 Å². The van der Waals surface area contributed by atoms with Crippen LogP contribution >= 0.6 is 11.7 Å². The molecule has 0 amide bonds. The Hall–Kier alpha value is -2.62. The summed E-state index contributed by atoms with van der Waals surface area (Å²) in [5.74, 6) is 14.0. The first kappa shape index (κ1) is 24.5. The van der Waals surface area contributed by atoms with Crippen LogP contribution in [0.2, 0.25) is 0 Å². The third-order valence-electron chi connectivity index (χ3n) is 5.10. The van der Waals surface area contributed by atoms with E-state index in [4.69, 9.17) is 0 Å². The molecule has 34 heavy (non-hydrogen) atoms. The van der Waals surface area contributed by atoms with Gasteiger partial charge in [0, 0.05) is 5.56 Å². The Labute approximate surface area is 217 Å². The van der Waals surface area contributed by atoms with Gasteiger partial charge in [0.25, 0.3) is 0 Å². The Bertz CT molecular complexity index is 1360. The van der Waals surface area contributed by atoms with Crippen LogP contribution in [-0.2, 0) is 17.1 Å². The van der Waals surface area contributed by atoms with Gasteiger partial charge in [0.05, 0.1) is 28.8 Å². The summed E-state index contributed by atoms with van der Waals surface area (Å²) in [6.45, 7) is 0. The molecule has 3 aromatic carbocycles. The predicted molar refractivity (Wildman–Crippen MR) is 136 cm³/mol. The van der Waals surface area contributed by atoms with Gasteiger partial charge in [0.1, 0.15) is 11.0 Å². The second kappa shape index (κ2) is 12.2. The monoisotopic (exact) mass is 494 g/mol. The van der Waals surface area contributed by atoms with Crippen molar-refractivity contribution in [2.45, 2.75) is 0 Å². The minimum Gasteiger partial charge on any atom is -0.172 e. The maximum Gasteiger partial charge on any atom is 2.00 e. The van der Waals surface area contributed by atoms with Crippen molar-refractivity contribution < 1.29 is 17.1 Å². The molecule has 0 unspecified atom stereocenters. The van der Waals surface area contributed by atoms with Gasteiger partial charge in [-0.3, -0.25) is 0 Å². The zero-order valence-electron chi connectivity index (χ0n) is 18.0. The normalized spacial score (nSPS) is 14.9. The summed E-state index contributed by atoms with van der Waals surface area (Å²) in [5.41, 5.74) is 4.38. The fraction of sp³-hybridized carbons (Fsp3) is 0. The van der Waals surface area contributed by atoms with Crippen molar-refractivity contribution in [2.24, 2.45) is 0 Å². The number of hydrogen-bond donors (Lipinski definition) is 0. The van der Waals surface area contributed by atoms with Crippen LogP contribution in [0.1, 0.15) is 16.7 Å². The Kier molecular flexibility index (Phi) is 8.79. The molecule has 0 atom stereocenters. The fourth-order valence-corrected chi connectivity index (χ4v) is 4.03. The van der Waals surface area contributed by atoms with E-state index < -0.39 is 0 Å². The fourth-order valence-electron chi connectivity index (χ4n) is 3.45. The van der Waals surface area contributed by atoms with Crippen LogP contribution in [0, 0.1) is 87.4 Å². The summed E-state index contributed by atoms with van der Waals surface area (Å²) in [7, 11) is 0. The number of nitrogens with zero attached hydrogens (tertiary/aromatic N) is 2. The third-order valence-corrected chi connectivity index (χ3v) is 5.63. The first-order valence-electron chi connectivity index (χ1n) is 10.5. The van der Waals surface area contributed by atoms with Crippen LogP contribution in [0.3, 0.4) is 0 Å². The minimum absolute atomic E-state index is 0. The molecule has 0 spiro atoms. The largest absolute Gasteiger partial charge is 2.00 e. The molecule has 2 aliphatic rings. The predicted octanol–water partition coefficient (Wildman–Crippen LogP) is 6.02. The standard InChI is InChI=1S/C25H13N2S.C5H5.Fe/c1-2-7-18(6-1)12-13-21-16-17-22(25-24(21)26-28-27-25)15-14-20-10-5-9-19-8-3-4-11-23(19)20;1-2-4-5-3-1;/h1-11,16-17H;1-5H;/q;;+2. The molecule has 0 bridgehead atoms. The molecule has 4 aromatic rings. The second-order valence-electron chi connectivity index (χ2n) is 7.28. The number of aromatic nitrogens is 2. The van der Waals surface area contributed by atoms with Crippen molar-refractivity contribution in [3.63, 3.8) is 0 Å². The molecule has 1 heterocycles. The molecule has 6 rings (SSSR count). The van der Waals surface area contributed by atoms with Crippen LogP contribution in [0.5, 0.6) is 0 Å². The number of fused-ring (bicyclic) bond motifs is 2. The summed E-state index contributed by atoms with van der Waals surface area (Å²) < 4.78 is 8.90. The van der Waals surface area contributed by atoms with E-state index in [1.807, 2.05) is 94.2 Å². The Morgan fingerprint density at radius 3 is 1.76 bits per heavy atom. The van der Waals surface area contributed by atoms with Crippen LogP contribution in [0.4, 0.5) is 0 Å².